The summed E-state index contributed by atoms with van der Waals surface area (Å²) in [5.41, 5.74) is -1.07. The largest absolute Gasteiger partial charge is 0.507 e. The van der Waals surface area contributed by atoms with Crippen LogP contribution in [0.5, 0.6) is 63.2 Å². The predicted octanol–water partition coefficient (Wildman–Crippen LogP) is 1.47. The molecule has 1 fully saturated rings. The van der Waals surface area contributed by atoms with Crippen molar-refractivity contribution in [1.82, 2.24) is 0 Å². The molecule has 0 spiro atoms. The van der Waals surface area contributed by atoms with Crippen LogP contribution < -0.4 is 4.74 Å². The summed E-state index contributed by atoms with van der Waals surface area (Å²) in [6, 6.07) is 8.56. The molecule has 1 saturated heterocycles. The Labute approximate surface area is 302 Å². The molecule has 12 N–H and O–H groups in total. The summed E-state index contributed by atoms with van der Waals surface area (Å²) in [6.45, 7) is -0.905. The number of rotatable bonds is 11. The van der Waals surface area contributed by atoms with Crippen molar-refractivity contribution in [2.45, 2.75) is 43.5 Å². The fourth-order valence-corrected chi connectivity index (χ4v) is 5.34. The van der Waals surface area contributed by atoms with Crippen LogP contribution in [0.1, 0.15) is 43.1 Å². The first-order valence-corrected chi connectivity index (χ1v) is 15.6. The van der Waals surface area contributed by atoms with E-state index in [4.69, 9.17) is 18.9 Å². The number of hydrogen-bond donors (Lipinski definition) is 12. The third-order valence-electron chi connectivity index (χ3n) is 8.16. The number of Topliss-reactive ketones (excluding diaryl/α,β-unsaturated/α-hetero) is 1. The lowest BCUT2D eigenvalue weighted by atomic mass is 9.98. The lowest BCUT2D eigenvalue weighted by Crippen LogP contribution is -2.61. The zero-order chi connectivity index (χ0) is 39.6. The molecule has 0 aliphatic carbocycles. The molecule has 0 saturated carbocycles. The highest BCUT2D eigenvalue weighted by atomic mass is 16.7. The van der Waals surface area contributed by atoms with Gasteiger partial charge in [0.25, 0.3) is 0 Å². The van der Waals surface area contributed by atoms with Crippen LogP contribution in [0.25, 0.3) is 0 Å². The van der Waals surface area contributed by atoms with Crippen LogP contribution in [0.4, 0.5) is 0 Å². The van der Waals surface area contributed by atoms with Gasteiger partial charge in [0.15, 0.2) is 57.9 Å². The number of aliphatic hydroxyl groups is 2. The number of aliphatic hydroxyl groups excluding tert-OH is 2. The topological polar surface area (TPSA) is 331 Å². The van der Waals surface area contributed by atoms with Crippen molar-refractivity contribution in [3.63, 3.8) is 0 Å². The number of benzene rings is 4. The molecule has 0 amide bonds. The van der Waals surface area contributed by atoms with E-state index < -0.39 is 129 Å². The maximum atomic E-state index is 13.0. The Kier molecular flexibility index (Phi) is 11.0. The maximum absolute atomic E-state index is 13.0. The van der Waals surface area contributed by atoms with Crippen molar-refractivity contribution in [2.75, 3.05) is 6.61 Å². The molecule has 286 valence electrons. The molecule has 0 radical (unpaired) electrons. The highest BCUT2D eigenvalue weighted by Gasteiger charge is 2.49. The summed E-state index contributed by atoms with van der Waals surface area (Å²) in [4.78, 5) is 38.6. The maximum Gasteiger partial charge on any atom is 0.338 e. The molecule has 0 bridgehead atoms. The third-order valence-corrected chi connectivity index (χ3v) is 8.16. The van der Waals surface area contributed by atoms with E-state index in [0.717, 1.165) is 24.3 Å². The van der Waals surface area contributed by atoms with Crippen molar-refractivity contribution < 1.29 is 94.6 Å². The van der Waals surface area contributed by atoms with E-state index in [1.165, 1.54) is 18.2 Å². The highest BCUT2D eigenvalue weighted by Crippen LogP contribution is 2.39. The zero-order valence-electron chi connectivity index (χ0n) is 27.4. The van der Waals surface area contributed by atoms with Gasteiger partial charge in [-0.2, -0.15) is 0 Å². The first-order chi connectivity index (χ1) is 25.4. The molecule has 5 rings (SSSR count). The van der Waals surface area contributed by atoms with Crippen molar-refractivity contribution in [3.05, 3.63) is 76.9 Å². The molecule has 5 unspecified atom stereocenters. The summed E-state index contributed by atoms with van der Waals surface area (Å²) in [5.74, 6) is -11.5. The number of phenolic OH excluding ortho intramolecular Hbond substituents is 10. The first-order valence-electron chi connectivity index (χ1n) is 15.6. The van der Waals surface area contributed by atoms with E-state index in [-0.39, 0.29) is 18.6 Å². The molecule has 1 heterocycles. The molecule has 54 heavy (non-hydrogen) atoms. The number of phenols is 10. The molecular formula is C35H32O19. The molecule has 1 aliphatic rings. The molecule has 4 aromatic carbocycles. The Morgan fingerprint density at radius 2 is 1.15 bits per heavy atom. The monoisotopic (exact) mass is 756 g/mol. The quantitative estimate of drug-likeness (QED) is 0.0585. The average molecular weight is 757 g/mol. The number of ether oxygens (including phenoxy) is 4. The fraction of sp³-hybridized carbons (Fsp3) is 0.229. The normalized spacial score (nSPS) is 19.5. The van der Waals surface area contributed by atoms with E-state index in [1.54, 1.807) is 0 Å². The minimum absolute atomic E-state index is 0.0473. The molecule has 19 nitrogen and oxygen atoms in total. The van der Waals surface area contributed by atoms with Gasteiger partial charge in [0, 0.05) is 18.6 Å². The van der Waals surface area contributed by atoms with Crippen LogP contribution >= 0.6 is 0 Å². The minimum Gasteiger partial charge on any atom is -0.507 e. The van der Waals surface area contributed by atoms with E-state index in [0.29, 0.717) is 17.7 Å². The van der Waals surface area contributed by atoms with Crippen LogP contribution in [0.3, 0.4) is 0 Å². The molecule has 4 aromatic rings. The summed E-state index contributed by atoms with van der Waals surface area (Å²) in [6.07, 6.45) is -9.96. The van der Waals surface area contributed by atoms with Crippen LogP contribution in [-0.2, 0) is 20.6 Å². The molecule has 0 aromatic heterocycles. The fourth-order valence-electron chi connectivity index (χ4n) is 5.34. The van der Waals surface area contributed by atoms with Crippen LogP contribution in [0.2, 0.25) is 0 Å². The second kappa shape index (κ2) is 15.4. The van der Waals surface area contributed by atoms with Crippen LogP contribution in [0.15, 0.2) is 54.6 Å². The number of ketones is 1. The lowest BCUT2D eigenvalue weighted by molar-refractivity contribution is -0.276. The van der Waals surface area contributed by atoms with Gasteiger partial charge in [0.1, 0.15) is 47.7 Å². The average Bonchev–Trinajstić information content (AvgIpc) is 3.11. The standard InChI is InChI=1S/C35H32O19/c36-17-3-1-13(5-19(17)38)2-4-18(37)27-20(39)10-16(11-21(27)40)52-35-31(48)30(47)32(54-34(50)15-8-24(43)29(46)25(44)9-15)26(53-35)12-51-33(49)14-6-22(41)28(45)23(42)7-14/h1,3,5-11,26,30-32,35-36,38-48H,2,4,12H2. The Morgan fingerprint density at radius 1 is 0.611 bits per heavy atom. The summed E-state index contributed by atoms with van der Waals surface area (Å²) >= 11 is 0. The number of esters is 2. The summed E-state index contributed by atoms with van der Waals surface area (Å²) in [5, 5.41) is 121. The van der Waals surface area contributed by atoms with Crippen molar-refractivity contribution >= 4 is 17.7 Å². The Bertz CT molecular complexity index is 2030. The predicted molar refractivity (Wildman–Crippen MR) is 176 cm³/mol. The molecule has 19 heteroatoms. The van der Waals surface area contributed by atoms with Gasteiger partial charge in [0.05, 0.1) is 11.1 Å². The van der Waals surface area contributed by atoms with Gasteiger partial charge in [-0.1, -0.05) is 6.07 Å². The van der Waals surface area contributed by atoms with Crippen LogP contribution in [0, 0.1) is 0 Å². The number of aryl methyl sites for hydroxylation is 1. The Balaban J connectivity index is 1.36. The van der Waals surface area contributed by atoms with Gasteiger partial charge in [-0.15, -0.1) is 0 Å². The zero-order valence-corrected chi connectivity index (χ0v) is 27.4. The van der Waals surface area contributed by atoms with Gasteiger partial charge < -0.3 is 80.2 Å². The smallest absolute Gasteiger partial charge is 0.338 e. The molecular weight excluding hydrogens is 724 g/mol. The van der Waals surface area contributed by atoms with Gasteiger partial charge in [-0.3, -0.25) is 4.79 Å². The number of aromatic hydroxyl groups is 10. The number of carbonyl (C=O) groups excluding carboxylic acids is 3. The van der Waals surface area contributed by atoms with E-state index >= 15 is 0 Å². The van der Waals surface area contributed by atoms with Gasteiger partial charge in [-0.25, -0.2) is 9.59 Å². The van der Waals surface area contributed by atoms with Gasteiger partial charge >= 0.3 is 11.9 Å². The molecule has 1 aliphatic heterocycles. The van der Waals surface area contributed by atoms with E-state index in [2.05, 4.69) is 0 Å². The number of carbonyl (C=O) groups is 3. The van der Waals surface area contributed by atoms with Gasteiger partial charge in [-0.05, 0) is 48.4 Å². The van der Waals surface area contributed by atoms with E-state index in [9.17, 15) is 75.7 Å². The summed E-state index contributed by atoms with van der Waals surface area (Å²) < 4.78 is 21.7. The SMILES string of the molecule is O=C(OCC1OC(Oc2cc(O)c(C(=O)CCc3ccc(O)c(O)c3)c(O)c2)C(O)C(O)C1OC(=O)c1cc(O)c(O)c(O)c1)c1cc(O)c(O)c(O)c1. The Hall–Kier alpha value is -6.83. The third kappa shape index (κ3) is 8.12. The second-order valence-electron chi connectivity index (χ2n) is 11.9. The first kappa shape index (κ1) is 38.4. The lowest BCUT2D eigenvalue weighted by Gasteiger charge is -2.41. The number of hydrogen-bond acceptors (Lipinski definition) is 19. The van der Waals surface area contributed by atoms with Crippen molar-refractivity contribution in [1.29, 1.82) is 0 Å². The summed E-state index contributed by atoms with van der Waals surface area (Å²) in [7, 11) is 0. The van der Waals surface area contributed by atoms with Crippen molar-refractivity contribution in [3.8, 4) is 63.2 Å². The van der Waals surface area contributed by atoms with Crippen molar-refractivity contribution in [2.24, 2.45) is 0 Å². The minimum atomic E-state index is -2.11. The molecule has 5 atom stereocenters. The second-order valence-corrected chi connectivity index (χ2v) is 11.9. The Morgan fingerprint density at radius 3 is 1.69 bits per heavy atom. The van der Waals surface area contributed by atoms with E-state index in [1.807, 2.05) is 0 Å². The van der Waals surface area contributed by atoms with Gasteiger partial charge in [0.2, 0.25) is 6.29 Å². The highest BCUT2D eigenvalue weighted by molar-refractivity contribution is 6.01. The van der Waals surface area contributed by atoms with Crippen LogP contribution in [-0.4, -0.2) is 116 Å².